The second kappa shape index (κ2) is 5.01. The van der Waals surface area contributed by atoms with E-state index in [1.807, 2.05) is 6.33 Å². The third kappa shape index (κ3) is 2.47. The van der Waals surface area contributed by atoms with E-state index in [9.17, 15) is 0 Å². The summed E-state index contributed by atoms with van der Waals surface area (Å²) in [6.07, 6.45) is 4.40. The van der Waals surface area contributed by atoms with Gasteiger partial charge in [0.2, 0.25) is 0 Å². The van der Waals surface area contributed by atoms with Gasteiger partial charge in [0.1, 0.15) is 0 Å². The number of rotatable bonds is 4. The monoisotopic (exact) mass is 227 g/mol. The standard InChI is InChI=1S/C14H17N3/c1-11(2)17-10-16-13-9-12(5-3-4-8-15)6-7-14(13)17/h6-7,9-11H,3-5H2,1-2H3. The molecule has 0 spiro atoms. The van der Waals surface area contributed by atoms with Crippen molar-refractivity contribution in [1.82, 2.24) is 9.55 Å². The van der Waals surface area contributed by atoms with Crippen LogP contribution in [0.2, 0.25) is 0 Å². The van der Waals surface area contributed by atoms with E-state index in [-0.39, 0.29) is 0 Å². The van der Waals surface area contributed by atoms with Crippen molar-refractivity contribution in [3.8, 4) is 6.07 Å². The van der Waals surface area contributed by atoms with E-state index in [0.29, 0.717) is 12.5 Å². The lowest BCUT2D eigenvalue weighted by molar-refractivity contribution is 0.617. The fourth-order valence-corrected chi connectivity index (χ4v) is 2.02. The summed E-state index contributed by atoms with van der Waals surface area (Å²) in [5.74, 6) is 0. The Morgan fingerprint density at radius 1 is 1.41 bits per heavy atom. The summed E-state index contributed by atoms with van der Waals surface area (Å²) in [4.78, 5) is 4.43. The first-order valence-corrected chi connectivity index (χ1v) is 6.05. The maximum atomic E-state index is 8.51. The number of fused-ring (bicyclic) bond motifs is 1. The van der Waals surface area contributed by atoms with Crippen LogP contribution < -0.4 is 0 Å². The first-order chi connectivity index (χ1) is 8.22. The second-order valence-corrected chi connectivity index (χ2v) is 4.58. The Morgan fingerprint density at radius 2 is 2.24 bits per heavy atom. The van der Waals surface area contributed by atoms with Gasteiger partial charge in [-0.25, -0.2) is 4.98 Å². The molecule has 0 unspecified atom stereocenters. The largest absolute Gasteiger partial charge is 0.328 e. The molecule has 88 valence electrons. The van der Waals surface area contributed by atoms with Crippen LogP contribution in [0.25, 0.3) is 11.0 Å². The molecule has 0 N–H and O–H groups in total. The molecule has 0 radical (unpaired) electrons. The van der Waals surface area contributed by atoms with Gasteiger partial charge in [0.05, 0.1) is 23.4 Å². The van der Waals surface area contributed by atoms with Crippen molar-refractivity contribution in [2.24, 2.45) is 0 Å². The highest BCUT2D eigenvalue weighted by Crippen LogP contribution is 2.19. The summed E-state index contributed by atoms with van der Waals surface area (Å²) in [5, 5.41) is 8.51. The minimum absolute atomic E-state index is 0.435. The molecule has 0 bridgehead atoms. The average molecular weight is 227 g/mol. The summed E-state index contributed by atoms with van der Waals surface area (Å²) < 4.78 is 2.17. The van der Waals surface area contributed by atoms with Gasteiger partial charge in [0.15, 0.2) is 0 Å². The second-order valence-electron chi connectivity index (χ2n) is 4.58. The lowest BCUT2D eigenvalue weighted by Crippen LogP contribution is -1.97. The number of nitriles is 1. The Hall–Kier alpha value is -1.82. The first kappa shape index (κ1) is 11.7. The molecule has 2 rings (SSSR count). The van der Waals surface area contributed by atoms with Crippen molar-refractivity contribution in [2.75, 3.05) is 0 Å². The summed E-state index contributed by atoms with van der Waals surface area (Å²) in [5.41, 5.74) is 3.50. The third-order valence-corrected chi connectivity index (χ3v) is 2.95. The van der Waals surface area contributed by atoms with Gasteiger partial charge < -0.3 is 4.57 Å². The Morgan fingerprint density at radius 3 is 2.94 bits per heavy atom. The van der Waals surface area contributed by atoms with Crippen LogP contribution in [0.3, 0.4) is 0 Å². The summed E-state index contributed by atoms with van der Waals surface area (Å²) in [7, 11) is 0. The van der Waals surface area contributed by atoms with Crippen molar-refractivity contribution in [2.45, 2.75) is 39.2 Å². The van der Waals surface area contributed by atoms with Gasteiger partial charge in [0.25, 0.3) is 0 Å². The smallest absolute Gasteiger partial charge is 0.0960 e. The SMILES string of the molecule is CC(C)n1cnc2cc(CCCC#N)ccc21. The Kier molecular flexibility index (Phi) is 3.43. The Bertz CT molecular complexity index is 546. The normalized spacial score (nSPS) is 10.9. The Labute approximate surface area is 102 Å². The zero-order chi connectivity index (χ0) is 12.3. The molecule has 0 saturated carbocycles. The van der Waals surface area contributed by atoms with Gasteiger partial charge in [-0.15, -0.1) is 0 Å². The maximum absolute atomic E-state index is 8.51. The van der Waals surface area contributed by atoms with Gasteiger partial charge in [0, 0.05) is 12.5 Å². The number of nitrogens with zero attached hydrogens (tertiary/aromatic N) is 3. The first-order valence-electron chi connectivity index (χ1n) is 6.05. The van der Waals surface area contributed by atoms with Crippen molar-refractivity contribution in [1.29, 1.82) is 5.26 Å². The topological polar surface area (TPSA) is 41.6 Å². The Balaban J connectivity index is 2.24. The molecule has 1 aromatic heterocycles. The quantitative estimate of drug-likeness (QED) is 0.750. The van der Waals surface area contributed by atoms with Gasteiger partial charge in [-0.05, 0) is 44.4 Å². The van der Waals surface area contributed by atoms with Crippen LogP contribution >= 0.6 is 0 Å². The van der Waals surface area contributed by atoms with Crippen LogP contribution in [0.4, 0.5) is 0 Å². The van der Waals surface area contributed by atoms with E-state index in [2.05, 4.69) is 47.7 Å². The number of imidazole rings is 1. The van der Waals surface area contributed by atoms with Crippen molar-refractivity contribution in [3.63, 3.8) is 0 Å². The van der Waals surface area contributed by atoms with Crippen LogP contribution in [-0.4, -0.2) is 9.55 Å². The highest BCUT2D eigenvalue weighted by molar-refractivity contribution is 5.76. The highest BCUT2D eigenvalue weighted by Gasteiger charge is 2.05. The van der Waals surface area contributed by atoms with Gasteiger partial charge in [-0.3, -0.25) is 0 Å². The fraction of sp³-hybridized carbons (Fsp3) is 0.429. The number of benzene rings is 1. The van der Waals surface area contributed by atoms with Crippen LogP contribution in [-0.2, 0) is 6.42 Å². The predicted molar refractivity (Wildman–Crippen MR) is 68.7 cm³/mol. The van der Waals surface area contributed by atoms with Gasteiger partial charge >= 0.3 is 0 Å². The van der Waals surface area contributed by atoms with Gasteiger partial charge in [-0.1, -0.05) is 6.07 Å². The van der Waals surface area contributed by atoms with Gasteiger partial charge in [-0.2, -0.15) is 5.26 Å². The van der Waals surface area contributed by atoms with Crippen molar-refractivity contribution >= 4 is 11.0 Å². The molecule has 0 aliphatic rings. The van der Waals surface area contributed by atoms with E-state index < -0.39 is 0 Å². The molecule has 1 heterocycles. The molecular formula is C14H17N3. The zero-order valence-electron chi connectivity index (χ0n) is 10.3. The molecule has 0 atom stereocenters. The van der Waals surface area contributed by atoms with E-state index >= 15 is 0 Å². The van der Waals surface area contributed by atoms with Crippen LogP contribution in [0.15, 0.2) is 24.5 Å². The van der Waals surface area contributed by atoms with Crippen LogP contribution in [0, 0.1) is 11.3 Å². The third-order valence-electron chi connectivity index (χ3n) is 2.95. The van der Waals surface area contributed by atoms with E-state index in [4.69, 9.17) is 5.26 Å². The fourth-order valence-electron chi connectivity index (χ4n) is 2.02. The number of unbranched alkanes of at least 4 members (excludes halogenated alkanes) is 1. The summed E-state index contributed by atoms with van der Waals surface area (Å²) >= 11 is 0. The highest BCUT2D eigenvalue weighted by atomic mass is 15.1. The molecule has 0 aliphatic carbocycles. The summed E-state index contributed by atoms with van der Waals surface area (Å²) in [6.45, 7) is 4.31. The molecule has 0 aliphatic heterocycles. The number of hydrogen-bond acceptors (Lipinski definition) is 2. The molecular weight excluding hydrogens is 210 g/mol. The maximum Gasteiger partial charge on any atom is 0.0960 e. The average Bonchev–Trinajstić information content (AvgIpc) is 2.72. The molecule has 17 heavy (non-hydrogen) atoms. The molecule has 2 aromatic rings. The van der Waals surface area contributed by atoms with Crippen LogP contribution in [0.1, 0.15) is 38.3 Å². The molecule has 3 heteroatoms. The lowest BCUT2D eigenvalue weighted by Gasteiger charge is -2.08. The van der Waals surface area contributed by atoms with E-state index in [1.165, 1.54) is 11.1 Å². The van der Waals surface area contributed by atoms with Crippen LogP contribution in [0.5, 0.6) is 0 Å². The van der Waals surface area contributed by atoms with E-state index in [0.717, 1.165) is 18.4 Å². The number of aryl methyl sites for hydroxylation is 1. The molecule has 1 aromatic carbocycles. The predicted octanol–water partition coefficient (Wildman–Crippen LogP) is 3.46. The zero-order valence-corrected chi connectivity index (χ0v) is 10.3. The molecule has 0 saturated heterocycles. The molecule has 0 fully saturated rings. The molecule has 3 nitrogen and oxygen atoms in total. The molecule has 0 amide bonds. The van der Waals surface area contributed by atoms with Crippen molar-refractivity contribution < 1.29 is 0 Å². The minimum Gasteiger partial charge on any atom is -0.328 e. The minimum atomic E-state index is 0.435. The van der Waals surface area contributed by atoms with Crippen molar-refractivity contribution in [3.05, 3.63) is 30.1 Å². The summed E-state index contributed by atoms with van der Waals surface area (Å²) in [6, 6.07) is 9.01. The lowest BCUT2D eigenvalue weighted by atomic mass is 10.1. The number of hydrogen-bond donors (Lipinski definition) is 0. The van der Waals surface area contributed by atoms with E-state index in [1.54, 1.807) is 0 Å². The number of aromatic nitrogens is 2.